The predicted molar refractivity (Wildman–Crippen MR) is 101 cm³/mol. The van der Waals surface area contributed by atoms with Crippen LogP contribution in [-0.2, 0) is 6.54 Å². The molecule has 0 spiro atoms. The highest BCUT2D eigenvalue weighted by Gasteiger charge is 2.15. The number of fused-ring (bicyclic) bond motifs is 1. The van der Waals surface area contributed by atoms with E-state index in [2.05, 4.69) is 55.5 Å². The first-order chi connectivity index (χ1) is 12.6. The van der Waals surface area contributed by atoms with Crippen LogP contribution in [0.4, 0.5) is 5.82 Å². The van der Waals surface area contributed by atoms with E-state index in [1.54, 1.807) is 27.7 Å². The number of carbonyl (C=O) groups is 1. The molecule has 1 N–H and O–H groups in total. The monoisotopic (exact) mass is 410 g/mol. The molecule has 0 saturated carbocycles. The van der Waals surface area contributed by atoms with E-state index in [4.69, 9.17) is 0 Å². The number of anilines is 1. The number of hydrogen-bond donors (Lipinski definition) is 1. The average Bonchev–Trinajstić information content (AvgIpc) is 3.23. The summed E-state index contributed by atoms with van der Waals surface area (Å²) < 4.78 is 4.13. The van der Waals surface area contributed by atoms with Gasteiger partial charge < -0.3 is 5.32 Å². The van der Waals surface area contributed by atoms with Gasteiger partial charge in [0.25, 0.3) is 5.91 Å². The van der Waals surface area contributed by atoms with Gasteiger partial charge in [-0.3, -0.25) is 9.48 Å². The Morgan fingerprint density at radius 3 is 2.92 bits per heavy atom. The quantitative estimate of drug-likeness (QED) is 0.559. The average molecular weight is 411 g/mol. The van der Waals surface area contributed by atoms with Gasteiger partial charge in [0.05, 0.1) is 17.2 Å². The molecule has 0 atom stereocenters. The van der Waals surface area contributed by atoms with Crippen LogP contribution in [0.1, 0.15) is 21.5 Å². The fraction of sp³-hybridized carbons (Fsp3) is 0.111. The molecule has 0 saturated heterocycles. The van der Waals surface area contributed by atoms with Crippen LogP contribution >= 0.6 is 15.9 Å². The molecule has 130 valence electrons. The zero-order chi connectivity index (χ0) is 18.1. The molecule has 3 aromatic heterocycles. The number of aryl methyl sites for hydroxylation is 1. The predicted octanol–water partition coefficient (Wildman–Crippen LogP) is 3.30. The van der Waals surface area contributed by atoms with E-state index in [-0.39, 0.29) is 5.91 Å². The third kappa shape index (κ3) is 3.23. The Bertz CT molecular complexity index is 1100. The second kappa shape index (κ2) is 6.72. The molecule has 4 aromatic rings. The van der Waals surface area contributed by atoms with E-state index in [0.717, 1.165) is 4.47 Å². The van der Waals surface area contributed by atoms with Crippen molar-refractivity contribution in [3.05, 3.63) is 76.3 Å². The molecule has 0 fully saturated rings. The third-order valence-electron chi connectivity index (χ3n) is 4.05. The minimum Gasteiger partial charge on any atom is -0.305 e. The third-order valence-corrected chi connectivity index (χ3v) is 4.45. The van der Waals surface area contributed by atoms with Crippen molar-refractivity contribution in [1.82, 2.24) is 24.4 Å². The first-order valence-corrected chi connectivity index (χ1v) is 8.77. The minimum absolute atomic E-state index is 0.295. The van der Waals surface area contributed by atoms with Crippen LogP contribution in [0.3, 0.4) is 0 Å². The first kappa shape index (κ1) is 16.5. The maximum atomic E-state index is 12.5. The molecule has 1 aromatic carbocycles. The number of halogens is 1. The Hall–Kier alpha value is -3.00. The van der Waals surface area contributed by atoms with Gasteiger partial charge in [-0.1, -0.05) is 24.3 Å². The van der Waals surface area contributed by atoms with Crippen molar-refractivity contribution in [2.24, 2.45) is 0 Å². The second-order valence-electron chi connectivity index (χ2n) is 5.88. The van der Waals surface area contributed by atoms with E-state index in [1.165, 1.54) is 17.3 Å². The van der Waals surface area contributed by atoms with Crippen LogP contribution in [0.5, 0.6) is 0 Å². The molecule has 26 heavy (non-hydrogen) atoms. The summed E-state index contributed by atoms with van der Waals surface area (Å²) in [4.78, 5) is 16.8. The van der Waals surface area contributed by atoms with Gasteiger partial charge in [0, 0.05) is 24.7 Å². The Balaban J connectivity index is 1.51. The van der Waals surface area contributed by atoms with Crippen molar-refractivity contribution in [3.63, 3.8) is 0 Å². The molecule has 8 heteroatoms. The highest BCUT2D eigenvalue weighted by molar-refractivity contribution is 9.10. The van der Waals surface area contributed by atoms with Crippen LogP contribution in [0.2, 0.25) is 0 Å². The molecule has 3 heterocycles. The van der Waals surface area contributed by atoms with Gasteiger partial charge in [-0.15, -0.1) is 0 Å². The fourth-order valence-electron chi connectivity index (χ4n) is 2.67. The first-order valence-electron chi connectivity index (χ1n) is 7.98. The van der Waals surface area contributed by atoms with Crippen molar-refractivity contribution in [2.75, 3.05) is 5.32 Å². The van der Waals surface area contributed by atoms with Crippen LogP contribution in [-0.4, -0.2) is 30.3 Å². The lowest BCUT2D eigenvalue weighted by Gasteiger charge is -2.05. The summed E-state index contributed by atoms with van der Waals surface area (Å²) in [6.45, 7) is 2.72. The zero-order valence-corrected chi connectivity index (χ0v) is 15.5. The zero-order valence-electron chi connectivity index (χ0n) is 13.9. The minimum atomic E-state index is -0.295. The number of hydrogen-bond acceptors (Lipinski definition) is 4. The number of aromatic nitrogens is 5. The number of nitrogens with one attached hydrogen (secondary N) is 1. The summed E-state index contributed by atoms with van der Waals surface area (Å²) in [7, 11) is 0. The van der Waals surface area contributed by atoms with Crippen molar-refractivity contribution < 1.29 is 4.79 Å². The molecule has 0 unspecified atom stereocenters. The lowest BCUT2D eigenvalue weighted by molar-refractivity contribution is 0.102. The highest BCUT2D eigenvalue weighted by atomic mass is 79.9. The number of nitrogens with zero attached hydrogens (tertiary/aromatic N) is 5. The van der Waals surface area contributed by atoms with Gasteiger partial charge in [-0.25, -0.2) is 9.50 Å². The molecule has 0 radical (unpaired) electrons. The smallest absolute Gasteiger partial charge is 0.262 e. The van der Waals surface area contributed by atoms with Gasteiger partial charge in [0.15, 0.2) is 11.5 Å². The highest BCUT2D eigenvalue weighted by Crippen LogP contribution is 2.15. The summed E-state index contributed by atoms with van der Waals surface area (Å²) in [5.41, 5.74) is 3.28. The second-order valence-corrected chi connectivity index (χ2v) is 6.79. The number of rotatable bonds is 4. The van der Waals surface area contributed by atoms with Crippen LogP contribution in [0.15, 0.2) is 59.6 Å². The van der Waals surface area contributed by atoms with E-state index in [0.29, 0.717) is 23.6 Å². The number of amides is 1. The summed E-state index contributed by atoms with van der Waals surface area (Å²) >= 11 is 3.33. The molecule has 0 aliphatic heterocycles. The maximum absolute atomic E-state index is 12.5. The Kier molecular flexibility index (Phi) is 4.26. The van der Waals surface area contributed by atoms with E-state index in [9.17, 15) is 4.79 Å². The van der Waals surface area contributed by atoms with Gasteiger partial charge >= 0.3 is 0 Å². The van der Waals surface area contributed by atoms with Crippen LogP contribution < -0.4 is 5.32 Å². The topological polar surface area (TPSA) is 77.1 Å². The Morgan fingerprint density at radius 2 is 2.08 bits per heavy atom. The van der Waals surface area contributed by atoms with Crippen LogP contribution in [0.25, 0.3) is 5.65 Å². The molecule has 4 rings (SSSR count). The van der Waals surface area contributed by atoms with Gasteiger partial charge in [0.1, 0.15) is 5.56 Å². The van der Waals surface area contributed by atoms with Crippen molar-refractivity contribution in [3.8, 4) is 0 Å². The lowest BCUT2D eigenvalue weighted by atomic mass is 10.1. The molecule has 7 nitrogen and oxygen atoms in total. The SMILES string of the molecule is Cc1ccccc1Cn1ccc(NC(=O)c2cnn3cc(Br)cnc23)n1. The lowest BCUT2D eigenvalue weighted by Crippen LogP contribution is -2.13. The molecule has 0 aliphatic rings. The van der Waals surface area contributed by atoms with Gasteiger partial charge in [-0.2, -0.15) is 10.2 Å². The van der Waals surface area contributed by atoms with E-state index in [1.807, 2.05) is 18.3 Å². The van der Waals surface area contributed by atoms with Crippen molar-refractivity contribution in [2.45, 2.75) is 13.5 Å². The van der Waals surface area contributed by atoms with Gasteiger partial charge in [0.2, 0.25) is 0 Å². The Labute approximate surface area is 157 Å². The molecule has 1 amide bonds. The number of benzene rings is 1. The number of carbonyl (C=O) groups excluding carboxylic acids is 1. The molecule has 0 aliphatic carbocycles. The molecule has 0 bridgehead atoms. The maximum Gasteiger partial charge on any atom is 0.262 e. The summed E-state index contributed by atoms with van der Waals surface area (Å²) in [6.07, 6.45) is 6.71. The largest absolute Gasteiger partial charge is 0.305 e. The van der Waals surface area contributed by atoms with Crippen molar-refractivity contribution in [1.29, 1.82) is 0 Å². The summed E-state index contributed by atoms with van der Waals surface area (Å²) in [5, 5.41) is 11.4. The molecular weight excluding hydrogens is 396 g/mol. The summed E-state index contributed by atoms with van der Waals surface area (Å²) in [6, 6.07) is 9.92. The van der Waals surface area contributed by atoms with E-state index >= 15 is 0 Å². The summed E-state index contributed by atoms with van der Waals surface area (Å²) in [5.74, 6) is 0.191. The van der Waals surface area contributed by atoms with E-state index < -0.39 is 0 Å². The van der Waals surface area contributed by atoms with Crippen LogP contribution in [0, 0.1) is 6.92 Å². The van der Waals surface area contributed by atoms with Gasteiger partial charge in [-0.05, 0) is 34.0 Å². The standard InChI is InChI=1S/C18H15BrN6O/c1-12-4-2-3-5-13(12)10-24-7-6-16(23-24)22-18(26)15-9-21-25-11-14(19)8-20-17(15)25/h2-9,11H,10H2,1H3,(H,22,23,26). The van der Waals surface area contributed by atoms with Crippen molar-refractivity contribution >= 4 is 33.3 Å². The fourth-order valence-corrected chi connectivity index (χ4v) is 2.97. The Morgan fingerprint density at radius 1 is 1.23 bits per heavy atom. The molecular formula is C18H15BrN6O. The normalized spacial score (nSPS) is 11.0.